The quantitative estimate of drug-likeness (QED) is 0.898. The van der Waals surface area contributed by atoms with Crippen molar-refractivity contribution in [1.29, 1.82) is 0 Å². The van der Waals surface area contributed by atoms with E-state index in [4.69, 9.17) is 16.3 Å². The second kappa shape index (κ2) is 4.96. The van der Waals surface area contributed by atoms with E-state index in [0.717, 1.165) is 37.3 Å². The van der Waals surface area contributed by atoms with Crippen molar-refractivity contribution in [3.8, 4) is 0 Å². The maximum absolute atomic E-state index is 9.64. The molecule has 0 bridgehead atoms. The Labute approximate surface area is 107 Å². The number of nitrogens with zero attached hydrogens (tertiary/aromatic N) is 2. The van der Waals surface area contributed by atoms with Crippen LogP contribution in [0.1, 0.15) is 24.2 Å². The first-order valence-electron chi connectivity index (χ1n) is 5.94. The van der Waals surface area contributed by atoms with Crippen LogP contribution in [0, 0.1) is 12.3 Å². The van der Waals surface area contributed by atoms with Crippen LogP contribution in [0.5, 0.6) is 0 Å². The number of halogens is 1. The second-order valence-electron chi connectivity index (χ2n) is 4.96. The highest BCUT2D eigenvalue weighted by Gasteiger charge is 2.34. The lowest BCUT2D eigenvalue weighted by molar-refractivity contribution is -0.0387. The monoisotopic (exact) mass is 258 g/mol. The predicted octanol–water partition coefficient (Wildman–Crippen LogP) is 1.71. The summed E-state index contributed by atoms with van der Waals surface area (Å²) in [7, 11) is 1.89. The summed E-state index contributed by atoms with van der Waals surface area (Å²) in [4.78, 5) is 0. The minimum atomic E-state index is -0.192. The van der Waals surface area contributed by atoms with Gasteiger partial charge in [0, 0.05) is 25.5 Å². The molecule has 0 amide bonds. The van der Waals surface area contributed by atoms with Crippen molar-refractivity contribution in [1.82, 2.24) is 9.78 Å². The summed E-state index contributed by atoms with van der Waals surface area (Å²) in [5.74, 6) is 0. The minimum absolute atomic E-state index is 0.132. The molecule has 0 aromatic carbocycles. The molecule has 96 valence electrons. The third kappa shape index (κ3) is 2.49. The van der Waals surface area contributed by atoms with Crippen molar-refractivity contribution >= 4 is 11.6 Å². The molecule has 0 saturated carbocycles. The molecule has 1 unspecified atom stereocenters. The fraction of sp³-hybridized carbons (Fsp3) is 0.750. The Hall–Kier alpha value is -0.580. The van der Waals surface area contributed by atoms with E-state index >= 15 is 0 Å². The molecule has 1 saturated heterocycles. The average molecular weight is 259 g/mol. The Morgan fingerprint density at radius 1 is 1.59 bits per heavy atom. The molecule has 0 aliphatic carbocycles. The first kappa shape index (κ1) is 12.9. The highest BCUT2D eigenvalue weighted by Crippen LogP contribution is 2.34. The zero-order valence-electron chi connectivity index (χ0n) is 10.4. The van der Waals surface area contributed by atoms with Gasteiger partial charge >= 0.3 is 0 Å². The molecule has 2 heterocycles. The third-order valence-electron chi connectivity index (χ3n) is 3.54. The molecule has 1 N–H and O–H groups in total. The fourth-order valence-corrected chi connectivity index (χ4v) is 2.68. The Balaban J connectivity index is 2.23. The van der Waals surface area contributed by atoms with Crippen LogP contribution in [0.25, 0.3) is 0 Å². The minimum Gasteiger partial charge on any atom is -0.396 e. The lowest BCUT2D eigenvalue weighted by Gasteiger charge is -2.35. The molecule has 1 atom stereocenters. The number of ether oxygens (including phenoxy) is 1. The molecule has 1 aromatic rings. The normalized spacial score (nSPS) is 25.2. The summed E-state index contributed by atoms with van der Waals surface area (Å²) in [6.45, 7) is 3.42. The van der Waals surface area contributed by atoms with Gasteiger partial charge in [0.05, 0.1) is 29.6 Å². The standard InChI is InChI=1S/C12H19ClN2O2/c1-9-11(13)10(15(2)14-9)6-12(7-16)4-3-5-17-8-12/h16H,3-8H2,1-2H3. The summed E-state index contributed by atoms with van der Waals surface area (Å²) < 4.78 is 7.31. The van der Waals surface area contributed by atoms with Gasteiger partial charge in [0.25, 0.3) is 0 Å². The number of aromatic nitrogens is 2. The topological polar surface area (TPSA) is 47.3 Å². The van der Waals surface area contributed by atoms with Crippen molar-refractivity contribution in [3.63, 3.8) is 0 Å². The zero-order chi connectivity index (χ0) is 12.5. The van der Waals surface area contributed by atoms with Gasteiger partial charge in [-0.15, -0.1) is 0 Å². The predicted molar refractivity (Wildman–Crippen MR) is 66.2 cm³/mol. The molecular weight excluding hydrogens is 240 g/mol. The van der Waals surface area contributed by atoms with Crippen molar-refractivity contribution in [2.75, 3.05) is 19.8 Å². The van der Waals surface area contributed by atoms with E-state index in [1.807, 2.05) is 18.7 Å². The molecule has 4 nitrogen and oxygen atoms in total. The van der Waals surface area contributed by atoms with Gasteiger partial charge < -0.3 is 9.84 Å². The van der Waals surface area contributed by atoms with Gasteiger partial charge in [0.15, 0.2) is 0 Å². The van der Waals surface area contributed by atoms with Crippen LogP contribution >= 0.6 is 11.6 Å². The Kier molecular flexibility index (Phi) is 3.76. The summed E-state index contributed by atoms with van der Waals surface area (Å²) in [6.07, 6.45) is 2.69. The zero-order valence-corrected chi connectivity index (χ0v) is 11.1. The highest BCUT2D eigenvalue weighted by atomic mass is 35.5. The molecular formula is C12H19ClN2O2. The van der Waals surface area contributed by atoms with Gasteiger partial charge in [-0.1, -0.05) is 11.6 Å². The number of aliphatic hydroxyl groups is 1. The number of hydrogen-bond acceptors (Lipinski definition) is 3. The first-order chi connectivity index (χ1) is 8.08. The summed E-state index contributed by atoms with van der Waals surface area (Å²) in [5, 5.41) is 14.7. The van der Waals surface area contributed by atoms with Crippen LogP contribution in [-0.4, -0.2) is 34.7 Å². The van der Waals surface area contributed by atoms with Gasteiger partial charge in [-0.05, 0) is 19.8 Å². The fourth-order valence-electron chi connectivity index (χ4n) is 2.46. The maximum atomic E-state index is 9.64. The van der Waals surface area contributed by atoms with Crippen LogP contribution in [0.15, 0.2) is 0 Å². The largest absolute Gasteiger partial charge is 0.396 e. The van der Waals surface area contributed by atoms with E-state index in [1.54, 1.807) is 0 Å². The Bertz CT molecular complexity index is 397. The van der Waals surface area contributed by atoms with Crippen molar-refractivity contribution in [2.45, 2.75) is 26.2 Å². The summed E-state index contributed by atoms with van der Waals surface area (Å²) >= 11 is 6.25. The van der Waals surface area contributed by atoms with Gasteiger partial charge in [0.1, 0.15) is 0 Å². The van der Waals surface area contributed by atoms with Crippen molar-refractivity contribution in [3.05, 3.63) is 16.4 Å². The van der Waals surface area contributed by atoms with E-state index in [-0.39, 0.29) is 12.0 Å². The van der Waals surface area contributed by atoms with Gasteiger partial charge in [-0.25, -0.2) is 0 Å². The number of aryl methyl sites for hydroxylation is 2. The molecule has 17 heavy (non-hydrogen) atoms. The summed E-state index contributed by atoms with van der Waals surface area (Å²) in [5.41, 5.74) is 1.64. The Morgan fingerprint density at radius 3 is 2.82 bits per heavy atom. The lowest BCUT2D eigenvalue weighted by Crippen LogP contribution is -2.37. The first-order valence-corrected chi connectivity index (χ1v) is 6.32. The van der Waals surface area contributed by atoms with E-state index < -0.39 is 0 Å². The Morgan fingerprint density at radius 2 is 2.35 bits per heavy atom. The molecule has 5 heteroatoms. The molecule has 0 radical (unpaired) electrons. The molecule has 1 aliphatic rings. The number of hydrogen-bond donors (Lipinski definition) is 1. The maximum Gasteiger partial charge on any atom is 0.0847 e. The third-order valence-corrected chi connectivity index (χ3v) is 4.04. The van der Waals surface area contributed by atoms with Gasteiger partial charge in [-0.3, -0.25) is 4.68 Å². The van der Waals surface area contributed by atoms with Crippen molar-refractivity contribution < 1.29 is 9.84 Å². The number of rotatable bonds is 3. The number of aliphatic hydroxyl groups excluding tert-OH is 1. The van der Waals surface area contributed by atoms with E-state index in [1.165, 1.54) is 0 Å². The van der Waals surface area contributed by atoms with E-state index in [2.05, 4.69) is 5.10 Å². The second-order valence-corrected chi connectivity index (χ2v) is 5.34. The van der Waals surface area contributed by atoms with Crippen LogP contribution < -0.4 is 0 Å². The smallest absolute Gasteiger partial charge is 0.0847 e. The van der Waals surface area contributed by atoms with Gasteiger partial charge in [-0.2, -0.15) is 5.10 Å². The van der Waals surface area contributed by atoms with Gasteiger partial charge in [0.2, 0.25) is 0 Å². The highest BCUT2D eigenvalue weighted by molar-refractivity contribution is 6.31. The SMILES string of the molecule is Cc1nn(C)c(CC2(CO)CCCOC2)c1Cl. The van der Waals surface area contributed by atoms with Crippen LogP contribution in [0.3, 0.4) is 0 Å². The molecule has 1 fully saturated rings. The molecule has 1 aromatic heterocycles. The summed E-state index contributed by atoms with van der Waals surface area (Å²) in [6, 6.07) is 0. The lowest BCUT2D eigenvalue weighted by atomic mass is 9.79. The van der Waals surface area contributed by atoms with Crippen LogP contribution in [0.4, 0.5) is 0 Å². The average Bonchev–Trinajstić information content (AvgIpc) is 2.57. The van der Waals surface area contributed by atoms with Crippen LogP contribution in [0.2, 0.25) is 5.02 Å². The van der Waals surface area contributed by atoms with Crippen molar-refractivity contribution in [2.24, 2.45) is 12.5 Å². The van der Waals surface area contributed by atoms with Crippen LogP contribution in [-0.2, 0) is 18.2 Å². The van der Waals surface area contributed by atoms with E-state index in [0.29, 0.717) is 11.6 Å². The molecule has 0 spiro atoms. The molecule has 1 aliphatic heterocycles. The molecule has 2 rings (SSSR count). The van der Waals surface area contributed by atoms with E-state index in [9.17, 15) is 5.11 Å².